The summed E-state index contributed by atoms with van der Waals surface area (Å²) < 4.78 is 1.57. The van der Waals surface area contributed by atoms with E-state index in [2.05, 4.69) is 27.2 Å². The van der Waals surface area contributed by atoms with E-state index in [-0.39, 0.29) is 11.9 Å². The summed E-state index contributed by atoms with van der Waals surface area (Å²) in [6.07, 6.45) is 5.60. The Hall–Kier alpha value is -1.43. The van der Waals surface area contributed by atoms with Gasteiger partial charge in [-0.05, 0) is 32.2 Å². The maximum absolute atomic E-state index is 11.9. The Morgan fingerprint density at radius 2 is 2.42 bits per heavy atom. The van der Waals surface area contributed by atoms with Crippen molar-refractivity contribution in [1.82, 2.24) is 25.0 Å². The predicted octanol–water partition coefficient (Wildman–Crippen LogP) is 0.687. The van der Waals surface area contributed by atoms with Crippen molar-refractivity contribution in [3.63, 3.8) is 0 Å². The second kappa shape index (κ2) is 6.65. The van der Waals surface area contributed by atoms with E-state index in [9.17, 15) is 4.79 Å². The molecule has 0 radical (unpaired) electrons. The van der Waals surface area contributed by atoms with Gasteiger partial charge in [0.25, 0.3) is 0 Å². The minimum atomic E-state index is -0.303. The zero-order valence-corrected chi connectivity index (χ0v) is 11.7. The van der Waals surface area contributed by atoms with Crippen LogP contribution in [0.4, 0.5) is 0 Å². The predicted molar refractivity (Wildman–Crippen MR) is 72.6 cm³/mol. The molecule has 1 aliphatic rings. The Morgan fingerprint density at radius 3 is 3.11 bits per heavy atom. The fourth-order valence-corrected chi connectivity index (χ4v) is 2.51. The van der Waals surface area contributed by atoms with Crippen molar-refractivity contribution in [2.75, 3.05) is 26.2 Å². The molecule has 2 heterocycles. The zero-order chi connectivity index (χ0) is 13.7. The summed E-state index contributed by atoms with van der Waals surface area (Å²) in [6.45, 7) is 8.04. The zero-order valence-electron chi connectivity index (χ0n) is 11.7. The van der Waals surface area contributed by atoms with Crippen LogP contribution in [0.5, 0.6) is 0 Å². The molecule has 1 aromatic rings. The first-order valence-corrected chi connectivity index (χ1v) is 7.01. The molecule has 2 rings (SSSR count). The highest BCUT2D eigenvalue weighted by molar-refractivity contribution is 5.79. The summed E-state index contributed by atoms with van der Waals surface area (Å²) >= 11 is 0. The van der Waals surface area contributed by atoms with Gasteiger partial charge in [0.15, 0.2) is 0 Å². The van der Waals surface area contributed by atoms with Gasteiger partial charge in [-0.25, -0.2) is 9.67 Å². The molecule has 0 aromatic carbocycles. The number of carbonyl (C=O) groups excluding carboxylic acids is 1. The van der Waals surface area contributed by atoms with Gasteiger partial charge in [-0.15, -0.1) is 0 Å². The molecule has 2 atom stereocenters. The van der Waals surface area contributed by atoms with E-state index < -0.39 is 0 Å². The van der Waals surface area contributed by atoms with Gasteiger partial charge in [0.05, 0.1) is 0 Å². The van der Waals surface area contributed by atoms with E-state index in [1.165, 1.54) is 19.2 Å². The smallest absolute Gasteiger partial charge is 0.244 e. The van der Waals surface area contributed by atoms with Crippen LogP contribution in [0, 0.1) is 5.92 Å². The minimum absolute atomic E-state index is 0.00411. The van der Waals surface area contributed by atoms with E-state index in [1.54, 1.807) is 11.0 Å². The van der Waals surface area contributed by atoms with Gasteiger partial charge in [0.1, 0.15) is 18.7 Å². The molecule has 1 aliphatic heterocycles. The Kier molecular flexibility index (Phi) is 4.90. The molecule has 6 heteroatoms. The molecule has 0 aliphatic carbocycles. The Morgan fingerprint density at radius 1 is 1.58 bits per heavy atom. The van der Waals surface area contributed by atoms with Crippen LogP contribution < -0.4 is 5.32 Å². The fourth-order valence-electron chi connectivity index (χ4n) is 2.51. The van der Waals surface area contributed by atoms with Crippen molar-refractivity contribution in [3.05, 3.63) is 12.7 Å². The van der Waals surface area contributed by atoms with Gasteiger partial charge in [-0.1, -0.05) is 6.92 Å². The number of rotatable bonds is 5. The molecule has 1 amide bonds. The molecule has 1 N–H and O–H groups in total. The number of hydrogen-bond donors (Lipinski definition) is 1. The monoisotopic (exact) mass is 265 g/mol. The molecule has 0 unspecified atom stereocenters. The van der Waals surface area contributed by atoms with Crippen molar-refractivity contribution >= 4 is 5.91 Å². The first-order chi connectivity index (χ1) is 9.16. The van der Waals surface area contributed by atoms with Crippen molar-refractivity contribution in [2.24, 2.45) is 5.92 Å². The number of amides is 1. The quantitative estimate of drug-likeness (QED) is 0.850. The molecule has 19 heavy (non-hydrogen) atoms. The number of aromatic nitrogens is 3. The van der Waals surface area contributed by atoms with E-state index in [4.69, 9.17) is 0 Å². The number of carbonyl (C=O) groups is 1. The molecular formula is C13H23N5O. The SMILES string of the molecule is C[C@H]1CCCN(CCNC(=O)[C@H](C)n2cncn2)C1. The van der Waals surface area contributed by atoms with Gasteiger partial charge >= 0.3 is 0 Å². The van der Waals surface area contributed by atoms with Crippen LogP contribution >= 0.6 is 0 Å². The fraction of sp³-hybridized carbons (Fsp3) is 0.769. The highest BCUT2D eigenvalue weighted by Crippen LogP contribution is 2.14. The van der Waals surface area contributed by atoms with E-state index >= 15 is 0 Å². The Balaban J connectivity index is 1.69. The summed E-state index contributed by atoms with van der Waals surface area (Å²) in [4.78, 5) is 18.2. The second-order valence-corrected chi connectivity index (χ2v) is 5.39. The molecule has 0 bridgehead atoms. The molecular weight excluding hydrogens is 242 g/mol. The van der Waals surface area contributed by atoms with Crippen LogP contribution in [-0.4, -0.2) is 51.8 Å². The maximum Gasteiger partial charge on any atom is 0.244 e. The number of hydrogen-bond acceptors (Lipinski definition) is 4. The van der Waals surface area contributed by atoms with Crippen molar-refractivity contribution < 1.29 is 4.79 Å². The summed E-state index contributed by atoms with van der Waals surface area (Å²) in [7, 11) is 0. The second-order valence-electron chi connectivity index (χ2n) is 5.39. The lowest BCUT2D eigenvalue weighted by molar-refractivity contribution is -0.124. The normalized spacial score (nSPS) is 22.1. The molecule has 106 valence electrons. The highest BCUT2D eigenvalue weighted by Gasteiger charge is 2.17. The molecule has 0 spiro atoms. The molecule has 1 fully saturated rings. The number of nitrogens with one attached hydrogen (secondary N) is 1. The standard InChI is InChI=1S/C13H23N5O/c1-11-4-3-6-17(8-11)7-5-15-13(19)12(2)18-10-14-9-16-18/h9-12H,3-8H2,1-2H3,(H,15,19)/t11-,12-/m0/s1. The number of likely N-dealkylation sites (tertiary alicyclic amines) is 1. The molecule has 0 saturated carbocycles. The summed E-state index contributed by atoms with van der Waals surface area (Å²) in [6, 6.07) is -0.303. The third-order valence-corrected chi connectivity index (χ3v) is 3.68. The van der Waals surface area contributed by atoms with Gasteiger partial charge in [0, 0.05) is 19.6 Å². The third kappa shape index (κ3) is 4.02. The molecule has 6 nitrogen and oxygen atoms in total. The summed E-state index contributed by atoms with van der Waals surface area (Å²) in [5.41, 5.74) is 0. The first-order valence-electron chi connectivity index (χ1n) is 7.01. The topological polar surface area (TPSA) is 63.1 Å². The number of piperidine rings is 1. The maximum atomic E-state index is 11.9. The highest BCUT2D eigenvalue weighted by atomic mass is 16.2. The van der Waals surface area contributed by atoms with E-state index in [1.807, 2.05) is 6.92 Å². The lowest BCUT2D eigenvalue weighted by Gasteiger charge is -2.30. The first kappa shape index (κ1) is 14.0. The van der Waals surface area contributed by atoms with Gasteiger partial charge in [0.2, 0.25) is 5.91 Å². The van der Waals surface area contributed by atoms with Crippen LogP contribution in [0.3, 0.4) is 0 Å². The minimum Gasteiger partial charge on any atom is -0.353 e. The van der Waals surface area contributed by atoms with Crippen molar-refractivity contribution in [2.45, 2.75) is 32.7 Å². The van der Waals surface area contributed by atoms with Gasteiger partial charge in [-0.3, -0.25) is 4.79 Å². The molecule has 1 aromatic heterocycles. The van der Waals surface area contributed by atoms with Crippen LogP contribution in [0.1, 0.15) is 32.7 Å². The van der Waals surface area contributed by atoms with Gasteiger partial charge in [-0.2, -0.15) is 5.10 Å². The van der Waals surface area contributed by atoms with Crippen LogP contribution in [-0.2, 0) is 4.79 Å². The van der Waals surface area contributed by atoms with Crippen LogP contribution in [0.25, 0.3) is 0 Å². The average Bonchev–Trinajstić information content (AvgIpc) is 2.91. The average molecular weight is 265 g/mol. The Bertz CT molecular complexity index is 392. The van der Waals surface area contributed by atoms with Crippen LogP contribution in [0.2, 0.25) is 0 Å². The summed E-state index contributed by atoms with van der Waals surface area (Å²) in [5, 5.41) is 6.94. The van der Waals surface area contributed by atoms with Gasteiger partial charge < -0.3 is 10.2 Å². The lowest BCUT2D eigenvalue weighted by atomic mass is 10.0. The van der Waals surface area contributed by atoms with Crippen molar-refractivity contribution in [1.29, 1.82) is 0 Å². The largest absolute Gasteiger partial charge is 0.353 e. The van der Waals surface area contributed by atoms with Crippen molar-refractivity contribution in [3.8, 4) is 0 Å². The number of nitrogens with zero attached hydrogens (tertiary/aromatic N) is 4. The Labute approximate surface area is 114 Å². The summed E-state index contributed by atoms with van der Waals surface area (Å²) in [5.74, 6) is 0.772. The van der Waals surface area contributed by atoms with E-state index in [0.717, 1.165) is 25.6 Å². The molecule has 1 saturated heterocycles. The lowest BCUT2D eigenvalue weighted by Crippen LogP contribution is -2.41. The van der Waals surface area contributed by atoms with E-state index in [0.29, 0.717) is 6.54 Å². The third-order valence-electron chi connectivity index (χ3n) is 3.68. The van der Waals surface area contributed by atoms with Crippen LogP contribution in [0.15, 0.2) is 12.7 Å².